The molecule has 2 aromatic heterocycles. The summed E-state index contributed by atoms with van der Waals surface area (Å²) in [6, 6.07) is 5.85. The molecule has 0 spiro atoms. The van der Waals surface area contributed by atoms with Crippen molar-refractivity contribution in [2.24, 2.45) is 5.41 Å². The third-order valence-electron chi connectivity index (χ3n) is 4.91. The summed E-state index contributed by atoms with van der Waals surface area (Å²) in [5.74, 6) is -0.828. The molecule has 0 aliphatic rings. The van der Waals surface area contributed by atoms with Crippen LogP contribution in [-0.2, 0) is 14.9 Å². The van der Waals surface area contributed by atoms with Gasteiger partial charge in [-0.1, -0.05) is 83.6 Å². The van der Waals surface area contributed by atoms with E-state index >= 15 is 0 Å². The fourth-order valence-electron chi connectivity index (χ4n) is 3.66. The van der Waals surface area contributed by atoms with E-state index in [1.165, 1.54) is 38.5 Å². The summed E-state index contributed by atoms with van der Waals surface area (Å²) in [7, 11) is -1.40. The molecule has 5 nitrogen and oxygen atoms in total. The largest absolute Gasteiger partial charge is 0.389 e. The maximum absolute atomic E-state index is 6.61. The fraction of sp³-hybridized carbons (Fsp3) is 0.708. The highest BCUT2D eigenvalue weighted by Gasteiger charge is 2.42. The minimum Gasteiger partial charge on any atom is -0.389 e. The van der Waals surface area contributed by atoms with Gasteiger partial charge in [-0.3, -0.25) is 4.98 Å². The van der Waals surface area contributed by atoms with Gasteiger partial charge in [0.2, 0.25) is 5.79 Å². The first-order valence-corrected chi connectivity index (χ1v) is 15.4. The van der Waals surface area contributed by atoms with Crippen molar-refractivity contribution in [1.29, 1.82) is 0 Å². The molecule has 1 atom stereocenters. The van der Waals surface area contributed by atoms with Gasteiger partial charge in [-0.25, -0.2) is 0 Å². The van der Waals surface area contributed by atoms with Gasteiger partial charge in [-0.05, 0) is 37.1 Å². The predicted molar refractivity (Wildman–Crippen MR) is 133 cm³/mol. The average Bonchev–Trinajstić information content (AvgIpc) is 3.20. The predicted octanol–water partition coefficient (Wildman–Crippen LogP) is 6.96. The number of hydrogen-bond donors (Lipinski definition) is 0. The van der Waals surface area contributed by atoms with Crippen LogP contribution in [0.15, 0.2) is 24.4 Å². The summed E-state index contributed by atoms with van der Waals surface area (Å²) in [5.41, 5.74) is 0.866. The molecule has 0 aliphatic heterocycles. The molecular formula is C24H41N3O2SSi. The van der Waals surface area contributed by atoms with Gasteiger partial charge >= 0.3 is 0 Å². The summed E-state index contributed by atoms with van der Waals surface area (Å²) in [4.78, 5) is 4.43. The zero-order chi connectivity index (χ0) is 22.7. The van der Waals surface area contributed by atoms with Crippen LogP contribution >= 0.6 is 11.3 Å². The van der Waals surface area contributed by atoms with Crippen LogP contribution in [-0.4, -0.2) is 30.8 Å². The molecule has 0 N–H and O–H groups in total. The topological polar surface area (TPSA) is 57.1 Å². The van der Waals surface area contributed by atoms with Crippen molar-refractivity contribution in [1.82, 2.24) is 15.2 Å². The lowest BCUT2D eigenvalue weighted by molar-refractivity contribution is -0.213. The Morgan fingerprint density at radius 3 is 2.29 bits per heavy atom. The quantitative estimate of drug-likeness (QED) is 0.172. The number of unbranched alkanes of at least 4 members (excludes halogenated alkanes) is 6. The summed E-state index contributed by atoms with van der Waals surface area (Å²) < 4.78 is 13.2. The van der Waals surface area contributed by atoms with Crippen LogP contribution in [0.1, 0.15) is 84.1 Å². The van der Waals surface area contributed by atoms with Crippen LogP contribution in [0.3, 0.4) is 0 Å². The van der Waals surface area contributed by atoms with Crippen molar-refractivity contribution in [3.63, 3.8) is 0 Å². The molecule has 1 unspecified atom stereocenters. The Labute approximate surface area is 194 Å². The Kier molecular flexibility index (Phi) is 10.8. The normalized spacial score (nSPS) is 14.2. The van der Waals surface area contributed by atoms with Gasteiger partial charge in [-0.15, -0.1) is 10.2 Å². The molecule has 174 valence electrons. The molecule has 7 heteroatoms. The van der Waals surface area contributed by atoms with Gasteiger partial charge in [0, 0.05) is 12.6 Å². The second-order valence-electron chi connectivity index (χ2n) is 9.75. The number of ether oxygens (including phenoxy) is 1. The molecule has 0 amide bonds. The second kappa shape index (κ2) is 12.8. The lowest BCUT2D eigenvalue weighted by Gasteiger charge is -2.38. The molecule has 2 heterocycles. The van der Waals surface area contributed by atoms with E-state index in [1.807, 2.05) is 18.2 Å². The first kappa shape index (κ1) is 26.1. The van der Waals surface area contributed by atoms with Crippen LogP contribution < -0.4 is 0 Å². The Hall–Kier alpha value is -1.15. The number of pyridine rings is 1. The summed E-state index contributed by atoms with van der Waals surface area (Å²) in [6.45, 7) is 14.0. The second-order valence-corrected chi connectivity index (χ2v) is 13.1. The van der Waals surface area contributed by atoms with Gasteiger partial charge in [0.05, 0.1) is 6.61 Å². The molecule has 0 radical (unpaired) electrons. The van der Waals surface area contributed by atoms with Gasteiger partial charge < -0.3 is 9.16 Å². The van der Waals surface area contributed by atoms with Crippen molar-refractivity contribution in [2.45, 2.75) is 97.9 Å². The van der Waals surface area contributed by atoms with E-state index in [9.17, 15) is 0 Å². The summed E-state index contributed by atoms with van der Waals surface area (Å²) in [5, 5.41) is 10.6. The van der Waals surface area contributed by atoms with Gasteiger partial charge in [0.1, 0.15) is 5.69 Å². The van der Waals surface area contributed by atoms with E-state index in [0.29, 0.717) is 6.61 Å². The maximum Gasteiger partial charge on any atom is 0.215 e. The SMILES string of the molecule is CCCCCCCCCOC(CC(C)(C)C)(O[SiH](C)C)c1nnc(-c2ccccn2)s1. The molecule has 31 heavy (non-hydrogen) atoms. The standard InChI is InChI=1S/C24H41N3O2SSi/c1-7-8-9-10-11-12-15-18-28-24(29-31(5)6,19-23(2,3)4)22-27-26-21(30-22)20-16-13-14-17-25-20/h13-14,16-17,31H,7-12,15,18-19H2,1-6H3. The summed E-state index contributed by atoms with van der Waals surface area (Å²) >= 11 is 1.54. The van der Waals surface area contributed by atoms with E-state index in [4.69, 9.17) is 9.16 Å². The van der Waals surface area contributed by atoms with Crippen LogP contribution in [0.5, 0.6) is 0 Å². The highest BCUT2D eigenvalue weighted by molar-refractivity contribution is 7.14. The molecule has 0 aliphatic carbocycles. The van der Waals surface area contributed by atoms with Gasteiger partial charge in [0.15, 0.2) is 19.1 Å². The number of nitrogens with zero attached hydrogens (tertiary/aromatic N) is 3. The van der Waals surface area contributed by atoms with Crippen LogP contribution in [0.4, 0.5) is 0 Å². The Balaban J connectivity index is 2.16. The number of aromatic nitrogens is 3. The Morgan fingerprint density at radius 2 is 1.68 bits per heavy atom. The highest BCUT2D eigenvalue weighted by atomic mass is 32.1. The minimum atomic E-state index is -1.40. The molecule has 0 saturated heterocycles. The van der Waals surface area contributed by atoms with Crippen molar-refractivity contribution >= 4 is 20.4 Å². The lowest BCUT2D eigenvalue weighted by Crippen LogP contribution is -2.40. The van der Waals surface area contributed by atoms with E-state index < -0.39 is 14.8 Å². The Bertz CT molecular complexity index is 749. The van der Waals surface area contributed by atoms with E-state index in [-0.39, 0.29) is 5.41 Å². The third-order valence-corrected chi connectivity index (χ3v) is 6.83. The van der Waals surface area contributed by atoms with Crippen molar-refractivity contribution < 1.29 is 9.16 Å². The zero-order valence-electron chi connectivity index (χ0n) is 20.3. The minimum absolute atomic E-state index is 0.0280. The molecular weight excluding hydrogens is 422 g/mol. The smallest absolute Gasteiger partial charge is 0.215 e. The monoisotopic (exact) mass is 463 g/mol. The Morgan fingerprint density at radius 1 is 0.968 bits per heavy atom. The van der Waals surface area contributed by atoms with Crippen LogP contribution in [0, 0.1) is 5.41 Å². The van der Waals surface area contributed by atoms with Crippen molar-refractivity contribution in [2.75, 3.05) is 6.61 Å². The van der Waals surface area contributed by atoms with E-state index in [2.05, 4.69) is 56.0 Å². The van der Waals surface area contributed by atoms with Crippen LogP contribution in [0.25, 0.3) is 10.7 Å². The first-order chi connectivity index (χ1) is 14.8. The molecule has 0 saturated carbocycles. The fourth-order valence-corrected chi connectivity index (χ4v) is 5.68. The van der Waals surface area contributed by atoms with Crippen LogP contribution in [0.2, 0.25) is 13.1 Å². The molecule has 0 bridgehead atoms. The highest BCUT2D eigenvalue weighted by Crippen LogP contribution is 2.42. The number of hydrogen-bond acceptors (Lipinski definition) is 6. The third kappa shape index (κ3) is 9.08. The molecule has 2 rings (SSSR count). The molecule has 0 fully saturated rings. The molecule has 0 aromatic carbocycles. The maximum atomic E-state index is 6.61. The zero-order valence-corrected chi connectivity index (χ0v) is 22.3. The van der Waals surface area contributed by atoms with Gasteiger partial charge in [0.25, 0.3) is 0 Å². The van der Waals surface area contributed by atoms with Crippen molar-refractivity contribution in [3.8, 4) is 10.7 Å². The van der Waals surface area contributed by atoms with Crippen molar-refractivity contribution in [3.05, 3.63) is 29.4 Å². The number of rotatable bonds is 14. The lowest BCUT2D eigenvalue weighted by atomic mass is 9.87. The average molecular weight is 464 g/mol. The summed E-state index contributed by atoms with van der Waals surface area (Å²) in [6.07, 6.45) is 11.3. The van der Waals surface area contributed by atoms with E-state index in [0.717, 1.165) is 28.6 Å². The first-order valence-electron chi connectivity index (χ1n) is 11.8. The van der Waals surface area contributed by atoms with E-state index in [1.54, 1.807) is 17.5 Å². The van der Waals surface area contributed by atoms with Gasteiger partial charge in [-0.2, -0.15) is 0 Å². The molecule has 2 aromatic rings.